The van der Waals surface area contributed by atoms with Gasteiger partial charge >= 0.3 is 0 Å². The minimum absolute atomic E-state index is 0.0639. The van der Waals surface area contributed by atoms with Gasteiger partial charge in [0.25, 0.3) is 5.91 Å². The molecule has 0 radical (unpaired) electrons. The van der Waals surface area contributed by atoms with E-state index in [2.05, 4.69) is 0 Å². The van der Waals surface area contributed by atoms with Crippen molar-refractivity contribution in [2.45, 2.75) is 43.9 Å². The lowest BCUT2D eigenvalue weighted by Gasteiger charge is -2.23. The average Bonchev–Trinajstić information content (AvgIpc) is 2.96. The number of sulfonamides is 1. The maximum Gasteiger partial charge on any atom is 0.255 e. The van der Waals surface area contributed by atoms with E-state index in [0.717, 1.165) is 30.4 Å². The highest BCUT2D eigenvalue weighted by atomic mass is 32.2. The minimum Gasteiger partial charge on any atom is -0.337 e. The van der Waals surface area contributed by atoms with Crippen molar-refractivity contribution in [2.75, 3.05) is 26.2 Å². The second-order valence-corrected chi connectivity index (χ2v) is 10.5. The molecule has 1 aromatic carbocycles. The van der Waals surface area contributed by atoms with Gasteiger partial charge in [-0.25, -0.2) is 8.42 Å². The summed E-state index contributed by atoms with van der Waals surface area (Å²) >= 11 is 1.70. The first kappa shape index (κ1) is 19.6. The lowest BCUT2D eigenvalue weighted by molar-refractivity contribution is 0.0763. The number of amides is 1. The van der Waals surface area contributed by atoms with E-state index in [1.165, 1.54) is 21.2 Å². The molecule has 4 rings (SSSR count). The molecule has 0 saturated carbocycles. The molecule has 0 atom stereocenters. The van der Waals surface area contributed by atoms with Crippen LogP contribution in [0.4, 0.5) is 0 Å². The van der Waals surface area contributed by atoms with Crippen molar-refractivity contribution in [2.24, 2.45) is 0 Å². The standard InChI is InChI=1S/C21H26N2O3S2/c1-16-7-9-17(10-8-16)28(25,26)23-12-4-11-22(13-14-23)21(24)19-15-27-20-6-3-2-5-18(19)20/h7-10,15H,2-6,11-14H2,1H3. The molecule has 5 nitrogen and oxygen atoms in total. The van der Waals surface area contributed by atoms with Gasteiger partial charge in [-0.05, 0) is 56.7 Å². The number of hydrogen-bond donors (Lipinski definition) is 0. The van der Waals surface area contributed by atoms with Crippen LogP contribution in [0.2, 0.25) is 0 Å². The summed E-state index contributed by atoms with van der Waals surface area (Å²) in [7, 11) is -3.52. The van der Waals surface area contributed by atoms with Gasteiger partial charge in [-0.15, -0.1) is 11.3 Å². The molecule has 2 aromatic rings. The lowest BCUT2D eigenvalue weighted by atomic mass is 9.95. The van der Waals surface area contributed by atoms with Crippen molar-refractivity contribution in [1.29, 1.82) is 0 Å². The SMILES string of the molecule is Cc1ccc(S(=O)(=O)N2CCCN(C(=O)c3csc4c3CCCC4)CC2)cc1. The number of thiophene rings is 1. The van der Waals surface area contributed by atoms with Crippen molar-refractivity contribution < 1.29 is 13.2 Å². The number of nitrogens with zero attached hydrogens (tertiary/aromatic N) is 2. The molecule has 0 N–H and O–H groups in total. The average molecular weight is 419 g/mol. The van der Waals surface area contributed by atoms with Gasteiger partial charge in [0.2, 0.25) is 10.0 Å². The normalized spacial score (nSPS) is 18.5. The molecule has 1 fully saturated rings. The summed E-state index contributed by atoms with van der Waals surface area (Å²) in [6, 6.07) is 6.97. The van der Waals surface area contributed by atoms with Crippen LogP contribution in [0.15, 0.2) is 34.5 Å². The van der Waals surface area contributed by atoms with Crippen molar-refractivity contribution in [3.05, 3.63) is 51.2 Å². The van der Waals surface area contributed by atoms with Crippen molar-refractivity contribution in [1.82, 2.24) is 9.21 Å². The van der Waals surface area contributed by atoms with Gasteiger partial charge in [-0.3, -0.25) is 4.79 Å². The molecule has 0 bridgehead atoms. The summed E-state index contributed by atoms with van der Waals surface area (Å²) in [5.74, 6) is 0.0639. The van der Waals surface area contributed by atoms with E-state index in [4.69, 9.17) is 0 Å². The third-order valence-electron chi connectivity index (χ3n) is 5.69. The highest BCUT2D eigenvalue weighted by molar-refractivity contribution is 7.89. The van der Waals surface area contributed by atoms with Crippen LogP contribution in [0.3, 0.4) is 0 Å². The highest BCUT2D eigenvalue weighted by Gasteiger charge is 2.30. The largest absolute Gasteiger partial charge is 0.337 e. The lowest BCUT2D eigenvalue weighted by Crippen LogP contribution is -2.37. The van der Waals surface area contributed by atoms with Gasteiger partial charge in [-0.1, -0.05) is 17.7 Å². The van der Waals surface area contributed by atoms with Gasteiger partial charge in [-0.2, -0.15) is 4.31 Å². The van der Waals surface area contributed by atoms with Crippen LogP contribution < -0.4 is 0 Å². The molecule has 7 heteroatoms. The number of benzene rings is 1. The molecule has 150 valence electrons. The number of aryl methyl sites for hydroxylation is 2. The molecule has 28 heavy (non-hydrogen) atoms. The Bertz CT molecular complexity index is 964. The van der Waals surface area contributed by atoms with E-state index in [1.54, 1.807) is 23.5 Å². The zero-order valence-electron chi connectivity index (χ0n) is 16.2. The number of carbonyl (C=O) groups excluding carboxylic acids is 1. The predicted molar refractivity (Wildman–Crippen MR) is 111 cm³/mol. The van der Waals surface area contributed by atoms with Crippen LogP contribution in [0, 0.1) is 6.92 Å². The van der Waals surface area contributed by atoms with E-state index in [9.17, 15) is 13.2 Å². The molecule has 1 aliphatic heterocycles. The quantitative estimate of drug-likeness (QED) is 0.767. The van der Waals surface area contributed by atoms with Crippen LogP contribution in [0.25, 0.3) is 0 Å². The molecule has 1 amide bonds. The van der Waals surface area contributed by atoms with Crippen LogP contribution in [0.1, 0.15) is 45.6 Å². The maximum atomic E-state index is 13.1. The smallest absolute Gasteiger partial charge is 0.255 e. The van der Waals surface area contributed by atoms with Crippen molar-refractivity contribution >= 4 is 27.3 Å². The first-order valence-electron chi connectivity index (χ1n) is 9.92. The Morgan fingerprint density at radius 2 is 1.71 bits per heavy atom. The third kappa shape index (κ3) is 3.75. The van der Waals surface area contributed by atoms with Crippen LogP contribution in [0.5, 0.6) is 0 Å². The van der Waals surface area contributed by atoms with Crippen LogP contribution in [-0.4, -0.2) is 49.7 Å². The first-order chi connectivity index (χ1) is 13.5. The maximum absolute atomic E-state index is 13.1. The Kier molecular flexibility index (Phi) is 5.58. The number of carbonyl (C=O) groups is 1. The fourth-order valence-electron chi connectivity index (χ4n) is 4.04. The summed E-state index contributed by atoms with van der Waals surface area (Å²) in [5.41, 5.74) is 3.11. The minimum atomic E-state index is -3.52. The van der Waals surface area contributed by atoms with Crippen LogP contribution in [-0.2, 0) is 22.9 Å². The fourth-order valence-corrected chi connectivity index (χ4v) is 6.63. The zero-order chi connectivity index (χ0) is 19.7. The van der Waals surface area contributed by atoms with Gasteiger partial charge in [0.1, 0.15) is 0 Å². The highest BCUT2D eigenvalue weighted by Crippen LogP contribution is 2.31. The number of rotatable bonds is 3. The van der Waals surface area contributed by atoms with Gasteiger partial charge in [0.05, 0.1) is 10.5 Å². The molecule has 0 unspecified atom stereocenters. The van der Waals surface area contributed by atoms with E-state index < -0.39 is 10.0 Å². The summed E-state index contributed by atoms with van der Waals surface area (Å²) in [6.07, 6.45) is 5.07. The van der Waals surface area contributed by atoms with E-state index in [-0.39, 0.29) is 5.91 Å². The summed E-state index contributed by atoms with van der Waals surface area (Å²) in [4.78, 5) is 16.6. The number of hydrogen-bond acceptors (Lipinski definition) is 4. The fraction of sp³-hybridized carbons (Fsp3) is 0.476. The Morgan fingerprint density at radius 1 is 0.964 bits per heavy atom. The van der Waals surface area contributed by atoms with E-state index in [0.29, 0.717) is 37.5 Å². The zero-order valence-corrected chi connectivity index (χ0v) is 17.8. The molecule has 1 aromatic heterocycles. The van der Waals surface area contributed by atoms with Crippen LogP contribution >= 0.6 is 11.3 Å². The molecule has 2 heterocycles. The van der Waals surface area contributed by atoms with Crippen molar-refractivity contribution in [3.63, 3.8) is 0 Å². The first-order valence-corrected chi connectivity index (χ1v) is 12.2. The summed E-state index contributed by atoms with van der Waals surface area (Å²) < 4.78 is 27.5. The molecular weight excluding hydrogens is 392 g/mol. The summed E-state index contributed by atoms with van der Waals surface area (Å²) in [5, 5.41) is 2.00. The second kappa shape index (κ2) is 7.97. The van der Waals surface area contributed by atoms with Crippen molar-refractivity contribution in [3.8, 4) is 0 Å². The van der Waals surface area contributed by atoms with Gasteiger partial charge in [0.15, 0.2) is 0 Å². The monoisotopic (exact) mass is 418 g/mol. The van der Waals surface area contributed by atoms with Gasteiger partial charge in [0, 0.05) is 36.4 Å². The molecule has 2 aliphatic rings. The van der Waals surface area contributed by atoms with E-state index in [1.807, 2.05) is 29.3 Å². The number of fused-ring (bicyclic) bond motifs is 1. The molecule has 1 aliphatic carbocycles. The second-order valence-electron chi connectivity index (χ2n) is 7.62. The molecular formula is C21H26N2O3S2. The Balaban J connectivity index is 1.48. The third-order valence-corrected chi connectivity index (χ3v) is 8.69. The Morgan fingerprint density at radius 3 is 2.50 bits per heavy atom. The Labute approximate surface area is 171 Å². The Hall–Kier alpha value is -1.70. The molecule has 1 saturated heterocycles. The van der Waals surface area contributed by atoms with E-state index >= 15 is 0 Å². The summed E-state index contributed by atoms with van der Waals surface area (Å²) in [6.45, 7) is 3.77. The predicted octanol–water partition coefficient (Wildman–Crippen LogP) is 3.47. The topological polar surface area (TPSA) is 57.7 Å². The molecule has 0 spiro atoms. The van der Waals surface area contributed by atoms with Gasteiger partial charge < -0.3 is 4.90 Å².